The Bertz CT molecular complexity index is 723. The van der Waals surface area contributed by atoms with Crippen molar-refractivity contribution >= 4 is 28.2 Å². The highest BCUT2D eigenvalue weighted by atomic mass is 32.1. The van der Waals surface area contributed by atoms with E-state index < -0.39 is 11.9 Å². The number of hydrogen-bond donors (Lipinski definition) is 1. The molecule has 2 aromatic heterocycles. The average Bonchev–Trinajstić information content (AvgIpc) is 3.14. The molecule has 0 atom stereocenters. The molecule has 0 aromatic carbocycles. The lowest BCUT2D eigenvalue weighted by atomic mass is 10.0. The molecule has 0 saturated heterocycles. The van der Waals surface area contributed by atoms with Crippen LogP contribution in [0.25, 0.3) is 0 Å². The van der Waals surface area contributed by atoms with Crippen LogP contribution >= 0.6 is 11.3 Å². The largest absolute Gasteiger partial charge is 0.462 e. The molecule has 3 rings (SSSR count). The molecule has 8 heteroatoms. The molecule has 3 heterocycles. The van der Waals surface area contributed by atoms with Crippen LogP contribution in [-0.4, -0.2) is 42.1 Å². The van der Waals surface area contributed by atoms with Gasteiger partial charge in [-0.1, -0.05) is 5.16 Å². The van der Waals surface area contributed by atoms with Crippen LogP contribution in [-0.2, 0) is 17.7 Å². The van der Waals surface area contributed by atoms with Gasteiger partial charge in [0.05, 0.1) is 18.4 Å². The van der Waals surface area contributed by atoms with Gasteiger partial charge in [0.2, 0.25) is 5.76 Å². The molecule has 7 nitrogen and oxygen atoms in total. The van der Waals surface area contributed by atoms with Gasteiger partial charge in [0.1, 0.15) is 5.00 Å². The number of carbonyl (C=O) groups excluding carboxylic acids is 2. The number of ether oxygens (including phenoxy) is 1. The predicted molar refractivity (Wildman–Crippen MR) is 84.8 cm³/mol. The number of hydrogen-bond acceptors (Lipinski definition) is 7. The normalized spacial score (nSPS) is 14.3. The summed E-state index contributed by atoms with van der Waals surface area (Å²) in [6.45, 7) is 3.67. The maximum Gasteiger partial charge on any atom is 0.341 e. The van der Waals surface area contributed by atoms with Gasteiger partial charge >= 0.3 is 5.97 Å². The Kier molecular flexibility index (Phi) is 4.44. The number of anilines is 1. The summed E-state index contributed by atoms with van der Waals surface area (Å²) in [6, 6.07) is 1.47. The van der Waals surface area contributed by atoms with Crippen LogP contribution in [0.5, 0.6) is 0 Å². The van der Waals surface area contributed by atoms with Gasteiger partial charge < -0.3 is 19.5 Å². The number of amides is 1. The average molecular weight is 335 g/mol. The number of thiophene rings is 1. The van der Waals surface area contributed by atoms with Crippen molar-refractivity contribution in [3.8, 4) is 0 Å². The zero-order chi connectivity index (χ0) is 16.4. The number of carbonyl (C=O) groups is 2. The van der Waals surface area contributed by atoms with Crippen LogP contribution in [0.1, 0.15) is 38.3 Å². The molecule has 0 unspecified atom stereocenters. The van der Waals surface area contributed by atoms with Gasteiger partial charge in [-0.3, -0.25) is 4.79 Å². The van der Waals surface area contributed by atoms with E-state index in [0.717, 1.165) is 30.0 Å². The number of rotatable bonds is 4. The van der Waals surface area contributed by atoms with Crippen LogP contribution in [0, 0.1) is 0 Å². The van der Waals surface area contributed by atoms with Gasteiger partial charge in [-0.25, -0.2) is 4.79 Å². The summed E-state index contributed by atoms with van der Waals surface area (Å²) < 4.78 is 10.0. The van der Waals surface area contributed by atoms with Crippen molar-refractivity contribution in [3.63, 3.8) is 0 Å². The number of likely N-dealkylation sites (N-methyl/N-ethyl adjacent to an activating group) is 1. The molecule has 1 amide bonds. The molecule has 122 valence electrons. The van der Waals surface area contributed by atoms with Crippen molar-refractivity contribution in [1.29, 1.82) is 0 Å². The molecule has 23 heavy (non-hydrogen) atoms. The third-order valence-corrected chi connectivity index (χ3v) is 4.75. The number of fused-ring (bicyclic) bond motifs is 1. The van der Waals surface area contributed by atoms with Gasteiger partial charge in [-0.05, 0) is 26.0 Å². The lowest BCUT2D eigenvalue weighted by Crippen LogP contribution is -2.26. The lowest BCUT2D eigenvalue weighted by Gasteiger charge is -2.22. The standard InChI is InChI=1S/C15H17N3O4S/c1-3-21-15(20)12-9-5-7-18(2)8-11(9)23-14(12)17-13(19)10-4-6-16-22-10/h4,6H,3,5,7-8H2,1-2H3,(H,17,19). The Hall–Kier alpha value is -2.19. The molecule has 2 aromatic rings. The van der Waals surface area contributed by atoms with Crippen molar-refractivity contribution in [2.45, 2.75) is 19.9 Å². The third kappa shape index (κ3) is 3.13. The minimum Gasteiger partial charge on any atom is -0.462 e. The van der Waals surface area contributed by atoms with Gasteiger partial charge in [0, 0.05) is 24.0 Å². The van der Waals surface area contributed by atoms with Crippen molar-refractivity contribution in [2.75, 3.05) is 25.5 Å². The van der Waals surface area contributed by atoms with Gasteiger partial charge in [-0.2, -0.15) is 0 Å². The zero-order valence-electron chi connectivity index (χ0n) is 12.9. The fourth-order valence-electron chi connectivity index (χ4n) is 2.54. The second kappa shape index (κ2) is 6.51. The summed E-state index contributed by atoms with van der Waals surface area (Å²) in [6.07, 6.45) is 2.16. The summed E-state index contributed by atoms with van der Waals surface area (Å²) in [5.74, 6) is -0.731. The maximum absolute atomic E-state index is 12.3. The number of nitrogens with zero attached hydrogens (tertiary/aromatic N) is 2. The van der Waals surface area contributed by atoms with Crippen molar-refractivity contribution in [3.05, 3.63) is 34.0 Å². The number of nitrogens with one attached hydrogen (secondary N) is 1. The monoisotopic (exact) mass is 335 g/mol. The Morgan fingerprint density at radius 1 is 1.52 bits per heavy atom. The summed E-state index contributed by atoms with van der Waals surface area (Å²) in [4.78, 5) is 27.8. The Morgan fingerprint density at radius 2 is 2.35 bits per heavy atom. The van der Waals surface area contributed by atoms with Crippen molar-refractivity contribution in [2.24, 2.45) is 0 Å². The van der Waals surface area contributed by atoms with Crippen LogP contribution in [0.4, 0.5) is 5.00 Å². The zero-order valence-corrected chi connectivity index (χ0v) is 13.7. The van der Waals surface area contributed by atoms with E-state index in [0.29, 0.717) is 17.2 Å². The first kappa shape index (κ1) is 15.7. The fourth-order valence-corrected chi connectivity index (χ4v) is 3.85. The molecule has 0 saturated carbocycles. The molecule has 0 radical (unpaired) electrons. The quantitative estimate of drug-likeness (QED) is 0.862. The van der Waals surface area contributed by atoms with E-state index in [2.05, 4.69) is 15.4 Å². The summed E-state index contributed by atoms with van der Waals surface area (Å²) in [5.41, 5.74) is 1.44. The van der Waals surface area contributed by atoms with Crippen LogP contribution in [0.3, 0.4) is 0 Å². The van der Waals surface area contributed by atoms with Crippen LogP contribution in [0.15, 0.2) is 16.8 Å². The molecule has 1 N–H and O–H groups in total. The number of aromatic nitrogens is 1. The Labute approximate surface area is 137 Å². The minimum atomic E-state index is -0.431. The smallest absolute Gasteiger partial charge is 0.341 e. The Balaban J connectivity index is 1.95. The highest BCUT2D eigenvalue weighted by Crippen LogP contribution is 2.37. The highest BCUT2D eigenvalue weighted by Gasteiger charge is 2.29. The van der Waals surface area contributed by atoms with E-state index >= 15 is 0 Å². The van der Waals surface area contributed by atoms with Crippen molar-refractivity contribution < 1.29 is 18.8 Å². The summed E-state index contributed by atoms with van der Waals surface area (Å²) in [7, 11) is 2.03. The van der Waals surface area contributed by atoms with E-state index in [9.17, 15) is 9.59 Å². The summed E-state index contributed by atoms with van der Waals surface area (Å²) in [5, 5.41) is 6.77. The molecular formula is C15H17N3O4S. The van der Waals surface area contributed by atoms with Crippen LogP contribution < -0.4 is 5.32 Å². The predicted octanol–water partition coefficient (Wildman–Crippen LogP) is 2.15. The van der Waals surface area contributed by atoms with E-state index in [1.54, 1.807) is 6.92 Å². The molecule has 0 aliphatic carbocycles. The minimum absolute atomic E-state index is 0.100. The second-order valence-electron chi connectivity index (χ2n) is 5.25. The van der Waals surface area contributed by atoms with E-state index in [1.807, 2.05) is 7.05 Å². The Morgan fingerprint density at radius 3 is 3.04 bits per heavy atom. The van der Waals surface area contributed by atoms with Gasteiger partial charge in [0.25, 0.3) is 5.91 Å². The molecule has 1 aliphatic rings. The first-order valence-electron chi connectivity index (χ1n) is 7.32. The first-order valence-corrected chi connectivity index (χ1v) is 8.14. The topological polar surface area (TPSA) is 84.7 Å². The second-order valence-corrected chi connectivity index (χ2v) is 6.35. The first-order chi connectivity index (χ1) is 11.1. The van der Waals surface area contributed by atoms with Gasteiger partial charge in [-0.15, -0.1) is 11.3 Å². The molecule has 0 bridgehead atoms. The molecular weight excluding hydrogens is 318 g/mol. The van der Waals surface area contributed by atoms with Gasteiger partial charge in [0.15, 0.2) is 0 Å². The maximum atomic E-state index is 12.3. The van der Waals surface area contributed by atoms with E-state index in [1.165, 1.54) is 23.6 Å². The van der Waals surface area contributed by atoms with E-state index in [4.69, 9.17) is 9.26 Å². The lowest BCUT2D eigenvalue weighted by molar-refractivity contribution is 0.0526. The third-order valence-electron chi connectivity index (χ3n) is 3.62. The SMILES string of the molecule is CCOC(=O)c1c(NC(=O)c2ccno2)sc2c1CCN(C)C2. The fraction of sp³-hybridized carbons (Fsp3) is 0.400. The molecule has 1 aliphatic heterocycles. The molecule has 0 spiro atoms. The number of esters is 1. The van der Waals surface area contributed by atoms with Crippen LogP contribution in [0.2, 0.25) is 0 Å². The van der Waals surface area contributed by atoms with E-state index in [-0.39, 0.29) is 5.76 Å². The summed E-state index contributed by atoms with van der Waals surface area (Å²) >= 11 is 1.41. The highest BCUT2D eigenvalue weighted by molar-refractivity contribution is 7.17. The van der Waals surface area contributed by atoms with Crippen molar-refractivity contribution in [1.82, 2.24) is 10.1 Å². The molecule has 0 fully saturated rings.